The van der Waals surface area contributed by atoms with E-state index in [2.05, 4.69) is 38.5 Å². The second kappa shape index (κ2) is 7.40. The molecule has 0 bridgehead atoms. The largest absolute Gasteiger partial charge is 0.384 e. The van der Waals surface area contributed by atoms with Gasteiger partial charge >= 0.3 is 0 Å². The van der Waals surface area contributed by atoms with E-state index in [0.29, 0.717) is 12.2 Å². The zero-order valence-corrected chi connectivity index (χ0v) is 13.6. The maximum atomic E-state index is 11.9. The zero-order valence-electron chi connectivity index (χ0n) is 11.1. The summed E-state index contributed by atoms with van der Waals surface area (Å²) >= 11 is 5.00. The van der Waals surface area contributed by atoms with Crippen LogP contribution in [0.25, 0.3) is 0 Å². The highest BCUT2D eigenvalue weighted by Crippen LogP contribution is 2.19. The number of nitrogens with one attached hydrogen (secondary N) is 2. The molecule has 2 aromatic heterocycles. The predicted octanol–water partition coefficient (Wildman–Crippen LogP) is 3.66. The molecule has 2 aromatic rings. The Morgan fingerprint density at radius 1 is 1.45 bits per heavy atom. The van der Waals surface area contributed by atoms with Gasteiger partial charge in [0.1, 0.15) is 5.69 Å². The van der Waals surface area contributed by atoms with E-state index in [0.717, 1.165) is 28.0 Å². The summed E-state index contributed by atoms with van der Waals surface area (Å²) in [5.41, 5.74) is 1.37. The van der Waals surface area contributed by atoms with E-state index in [9.17, 15) is 4.79 Å². The molecule has 0 unspecified atom stereocenters. The normalized spacial score (nSPS) is 10.3. The van der Waals surface area contributed by atoms with Crippen LogP contribution in [0.15, 0.2) is 34.2 Å². The molecule has 0 radical (unpaired) electrons. The Morgan fingerprint density at radius 3 is 2.90 bits per heavy atom. The quantitative estimate of drug-likeness (QED) is 0.833. The van der Waals surface area contributed by atoms with Crippen LogP contribution in [-0.2, 0) is 6.54 Å². The van der Waals surface area contributed by atoms with Crippen LogP contribution >= 0.6 is 27.3 Å². The Morgan fingerprint density at radius 2 is 2.30 bits per heavy atom. The van der Waals surface area contributed by atoms with Gasteiger partial charge in [0.05, 0.1) is 18.4 Å². The van der Waals surface area contributed by atoms with Crippen molar-refractivity contribution in [3.05, 3.63) is 44.8 Å². The first-order valence-electron chi connectivity index (χ1n) is 6.40. The van der Waals surface area contributed by atoms with Gasteiger partial charge in [0, 0.05) is 21.3 Å². The maximum absolute atomic E-state index is 11.9. The Bertz CT molecular complexity index is 568. The van der Waals surface area contributed by atoms with Crippen LogP contribution in [0, 0.1) is 0 Å². The number of thiophene rings is 1. The minimum absolute atomic E-state index is 0.156. The average Bonchev–Trinajstić information content (AvgIpc) is 2.89. The lowest BCUT2D eigenvalue weighted by molar-refractivity contribution is 0.0946. The van der Waals surface area contributed by atoms with Crippen molar-refractivity contribution in [1.29, 1.82) is 0 Å². The molecule has 0 saturated heterocycles. The van der Waals surface area contributed by atoms with Crippen LogP contribution in [0.1, 0.15) is 28.7 Å². The van der Waals surface area contributed by atoms with E-state index in [-0.39, 0.29) is 5.91 Å². The first kappa shape index (κ1) is 15.0. The molecule has 2 N–H and O–H groups in total. The van der Waals surface area contributed by atoms with Crippen molar-refractivity contribution < 1.29 is 4.79 Å². The molecule has 0 aliphatic carbocycles. The Labute approximate surface area is 130 Å². The lowest BCUT2D eigenvalue weighted by Crippen LogP contribution is -2.23. The monoisotopic (exact) mass is 353 g/mol. The summed E-state index contributed by atoms with van der Waals surface area (Å²) in [4.78, 5) is 17.2. The highest BCUT2D eigenvalue weighted by atomic mass is 79.9. The van der Waals surface area contributed by atoms with E-state index in [4.69, 9.17) is 0 Å². The molecule has 0 fully saturated rings. The molecule has 0 saturated carbocycles. The molecule has 0 spiro atoms. The number of aromatic nitrogens is 1. The van der Waals surface area contributed by atoms with Gasteiger partial charge in [-0.1, -0.05) is 6.92 Å². The smallest absolute Gasteiger partial charge is 0.270 e. The van der Waals surface area contributed by atoms with E-state index >= 15 is 0 Å². The van der Waals surface area contributed by atoms with Gasteiger partial charge in [0.2, 0.25) is 0 Å². The molecule has 20 heavy (non-hydrogen) atoms. The fourth-order valence-corrected chi connectivity index (χ4v) is 3.00. The molecule has 2 rings (SSSR count). The fourth-order valence-electron chi connectivity index (χ4n) is 1.61. The Kier molecular flexibility index (Phi) is 5.55. The van der Waals surface area contributed by atoms with Crippen molar-refractivity contribution in [2.24, 2.45) is 0 Å². The SMILES string of the molecule is CCCNc1ccc(C(=O)NCc2cc(Br)cs2)nc1. The number of nitrogens with zero attached hydrogens (tertiary/aromatic N) is 1. The van der Waals surface area contributed by atoms with Crippen LogP contribution in [0.3, 0.4) is 0 Å². The highest BCUT2D eigenvalue weighted by Gasteiger charge is 2.07. The number of carbonyl (C=O) groups excluding carboxylic acids is 1. The fraction of sp³-hybridized carbons (Fsp3) is 0.286. The predicted molar refractivity (Wildman–Crippen MR) is 86.2 cm³/mol. The maximum Gasteiger partial charge on any atom is 0.270 e. The number of hydrogen-bond acceptors (Lipinski definition) is 4. The van der Waals surface area contributed by atoms with Crippen LogP contribution in [0.2, 0.25) is 0 Å². The third-order valence-electron chi connectivity index (χ3n) is 2.62. The van der Waals surface area contributed by atoms with Crippen LogP contribution in [0.5, 0.6) is 0 Å². The standard InChI is InChI=1S/C14H16BrN3OS/c1-2-5-16-11-3-4-13(17-7-11)14(19)18-8-12-6-10(15)9-20-12/h3-4,6-7,9,16H,2,5,8H2,1H3,(H,18,19). The van der Waals surface area contributed by atoms with E-state index in [1.165, 1.54) is 0 Å². The van der Waals surface area contributed by atoms with E-state index < -0.39 is 0 Å². The summed E-state index contributed by atoms with van der Waals surface area (Å²) in [5, 5.41) is 8.08. The van der Waals surface area contributed by atoms with Crippen molar-refractivity contribution in [1.82, 2.24) is 10.3 Å². The van der Waals surface area contributed by atoms with Gasteiger partial charge in [-0.3, -0.25) is 4.79 Å². The van der Waals surface area contributed by atoms with Gasteiger partial charge in [-0.15, -0.1) is 11.3 Å². The number of rotatable bonds is 6. The van der Waals surface area contributed by atoms with Gasteiger partial charge in [-0.05, 0) is 40.5 Å². The van der Waals surface area contributed by atoms with Gasteiger partial charge in [-0.25, -0.2) is 4.98 Å². The zero-order chi connectivity index (χ0) is 14.4. The summed E-state index contributed by atoms with van der Waals surface area (Å²) in [6, 6.07) is 5.60. The molecule has 0 aromatic carbocycles. The molecular formula is C14H16BrN3OS. The van der Waals surface area contributed by atoms with Crippen molar-refractivity contribution in [2.75, 3.05) is 11.9 Å². The Hall–Kier alpha value is -1.40. The van der Waals surface area contributed by atoms with Crippen molar-refractivity contribution in [3.63, 3.8) is 0 Å². The molecular weight excluding hydrogens is 338 g/mol. The highest BCUT2D eigenvalue weighted by molar-refractivity contribution is 9.10. The van der Waals surface area contributed by atoms with Gasteiger partial charge in [0.15, 0.2) is 0 Å². The first-order valence-corrected chi connectivity index (χ1v) is 8.07. The second-order valence-electron chi connectivity index (χ2n) is 4.27. The molecule has 2 heterocycles. The van der Waals surface area contributed by atoms with Crippen LogP contribution < -0.4 is 10.6 Å². The summed E-state index contributed by atoms with van der Waals surface area (Å²) in [7, 11) is 0. The molecule has 6 heteroatoms. The topological polar surface area (TPSA) is 54.0 Å². The molecule has 0 aliphatic rings. The number of hydrogen-bond donors (Lipinski definition) is 2. The van der Waals surface area contributed by atoms with Gasteiger partial charge in [0.25, 0.3) is 5.91 Å². The van der Waals surface area contributed by atoms with Crippen LogP contribution in [0.4, 0.5) is 5.69 Å². The number of amides is 1. The lowest BCUT2D eigenvalue weighted by Gasteiger charge is -2.06. The van der Waals surface area contributed by atoms with E-state index in [1.807, 2.05) is 17.5 Å². The minimum atomic E-state index is -0.156. The van der Waals surface area contributed by atoms with Gasteiger partial charge in [-0.2, -0.15) is 0 Å². The number of carbonyl (C=O) groups is 1. The molecule has 0 aliphatic heterocycles. The summed E-state index contributed by atoms with van der Waals surface area (Å²) in [6.45, 7) is 3.53. The van der Waals surface area contributed by atoms with E-state index in [1.54, 1.807) is 23.6 Å². The lowest BCUT2D eigenvalue weighted by atomic mass is 10.3. The molecule has 0 atom stereocenters. The van der Waals surface area contributed by atoms with Crippen molar-refractivity contribution >= 4 is 38.9 Å². The summed E-state index contributed by atoms with van der Waals surface area (Å²) in [6.07, 6.45) is 2.74. The summed E-state index contributed by atoms with van der Waals surface area (Å²) in [5.74, 6) is -0.156. The Balaban J connectivity index is 1.88. The summed E-state index contributed by atoms with van der Waals surface area (Å²) < 4.78 is 1.04. The molecule has 1 amide bonds. The van der Waals surface area contributed by atoms with Gasteiger partial charge < -0.3 is 10.6 Å². The average molecular weight is 354 g/mol. The van der Waals surface area contributed by atoms with Crippen LogP contribution in [-0.4, -0.2) is 17.4 Å². The number of pyridine rings is 1. The molecule has 4 nitrogen and oxygen atoms in total. The van der Waals surface area contributed by atoms with Crippen molar-refractivity contribution in [2.45, 2.75) is 19.9 Å². The third kappa shape index (κ3) is 4.31. The minimum Gasteiger partial charge on any atom is -0.384 e. The van der Waals surface area contributed by atoms with Crippen molar-refractivity contribution in [3.8, 4) is 0 Å². The number of halogens is 1. The molecule has 106 valence electrons. The third-order valence-corrected chi connectivity index (χ3v) is 4.32. The number of anilines is 1. The second-order valence-corrected chi connectivity index (χ2v) is 6.18. The first-order chi connectivity index (χ1) is 9.69.